The van der Waals surface area contributed by atoms with Gasteiger partial charge in [-0.1, -0.05) is 270 Å². The van der Waals surface area contributed by atoms with E-state index in [2.05, 4.69) is 291 Å². The summed E-state index contributed by atoms with van der Waals surface area (Å²) in [6, 6.07) is 0. The number of alkyl halides is 3. The van der Waals surface area contributed by atoms with E-state index in [1.165, 1.54) is 21.5 Å². The molecule has 0 fully saturated rings. The molecule has 0 saturated heterocycles. The molecule has 0 radical (unpaired) electrons. The number of azo groups is 1. The largest absolute Gasteiger partial charge is 0.431 e. The van der Waals surface area contributed by atoms with Gasteiger partial charge < -0.3 is 20.0 Å². The minimum absolute atomic E-state index is 0.0237. The molecule has 0 aromatic carbocycles. The Morgan fingerprint density at radius 3 is 1.21 bits per heavy atom. The maximum Gasteiger partial charge on any atom is 0.431 e. The molecule has 118 heavy (non-hydrogen) atoms. The van der Waals surface area contributed by atoms with E-state index in [0.29, 0.717) is 30.1 Å². The van der Waals surface area contributed by atoms with E-state index in [0.717, 1.165) is 68.4 Å². The molecular formula is C79H139Cl2F3N30O4. The molecule has 0 spiro atoms. The van der Waals surface area contributed by atoms with Gasteiger partial charge in [-0.15, -0.1) is 35.7 Å². The first kappa shape index (κ1) is 107. The molecule has 3 aliphatic heterocycles. The number of hydrogen-bond donors (Lipinski definition) is 3. The predicted octanol–water partition coefficient (Wildman–Crippen LogP) is 15.4. The van der Waals surface area contributed by atoms with E-state index in [1.54, 1.807) is 65.3 Å². The summed E-state index contributed by atoms with van der Waals surface area (Å²) in [5, 5.41) is 90.6. The predicted molar refractivity (Wildman–Crippen MR) is 460 cm³/mol. The second kappa shape index (κ2) is 44.2. The number of amidine groups is 2. The summed E-state index contributed by atoms with van der Waals surface area (Å²) in [7, 11) is 7.17. The van der Waals surface area contributed by atoms with Gasteiger partial charge in [0.05, 0.1) is 109 Å². The Morgan fingerprint density at radius 2 is 0.966 bits per heavy atom. The molecule has 11 rings (SSSR count). The molecule has 0 aliphatic carbocycles. The number of hydrogen-bond acceptors (Lipinski definition) is 26. The van der Waals surface area contributed by atoms with Crippen LogP contribution in [0.1, 0.15) is 288 Å². The van der Waals surface area contributed by atoms with Crippen molar-refractivity contribution in [2.24, 2.45) is 67.6 Å². The number of halogens is 5. The van der Waals surface area contributed by atoms with Gasteiger partial charge in [0, 0.05) is 98.8 Å². The van der Waals surface area contributed by atoms with Crippen LogP contribution in [0.5, 0.6) is 0 Å². The highest BCUT2D eigenvalue weighted by Crippen LogP contribution is 2.33. The molecular weight excluding hydrogens is 1560 g/mol. The van der Waals surface area contributed by atoms with Crippen molar-refractivity contribution in [3.8, 4) is 0 Å². The molecule has 0 amide bonds. The first-order valence-electron chi connectivity index (χ1n) is 38.8. The zero-order chi connectivity index (χ0) is 91.6. The lowest BCUT2D eigenvalue weighted by Crippen LogP contribution is -2.24. The van der Waals surface area contributed by atoms with Gasteiger partial charge in [0.2, 0.25) is 5.29 Å². The van der Waals surface area contributed by atoms with Gasteiger partial charge >= 0.3 is 6.18 Å². The van der Waals surface area contributed by atoms with E-state index in [1.807, 2.05) is 88.2 Å². The van der Waals surface area contributed by atoms with Crippen molar-refractivity contribution in [1.29, 1.82) is 0 Å². The van der Waals surface area contributed by atoms with Gasteiger partial charge in [-0.2, -0.15) is 48.7 Å². The average Bonchev–Trinajstić information content (AvgIpc) is 1.69. The standard InChI is InChI=1S/C8H11F3N2.2C8H15N3O.C8H14N2.C7H11ClN2.C7H13N3O.3C7H13N3.C6H10ClN3.C6H11N3O/c1-7(2,3)6-12-4-5(13-6)8(9,10)11;1-8(2,3)7-6-11(4-5-12)10-9-7;1-5-12-11-6-7(9-10-11)8(2,3)4;1-6-5-9-10-7(6)8(2,3)4;1-7(2,3)5-4-9-6(8)10-5;1-7(2,3)6-5-10(11-4)9-8-6;1-7(2,3)6-5-10(4)9-8-6;1-7(2,3)6-5-8-9-10(6)4;1-7(2,3)6-5-8-10(4)9-6;1-6(2,3)4-5(7)9-10-8-4;1-6(2,3)5-4-9(10)8-7-5/h4H2,1-3H3;6,12H,4-5H2,1-3H3;6H,5H2,1-4H3;5H2,1-4H3;4H2,1-3H3;5H,1-4H3;3*5H,1-4H3;1-3H3,(H,8,9,10);4,10H,1-3H3. The van der Waals surface area contributed by atoms with Crippen LogP contribution in [0, 0.1) is 16.2 Å². The average molecular weight is 1700 g/mol. The fourth-order valence-electron chi connectivity index (χ4n) is 8.76. The maximum absolute atomic E-state index is 12.1. The van der Waals surface area contributed by atoms with E-state index in [-0.39, 0.29) is 73.1 Å². The van der Waals surface area contributed by atoms with Crippen molar-refractivity contribution in [2.75, 3.05) is 40.0 Å². The fraction of sp³-hybridized carbons (Fsp3) is 0.722. The van der Waals surface area contributed by atoms with Crippen molar-refractivity contribution in [3.05, 3.63) is 105 Å². The van der Waals surface area contributed by atoms with Crippen LogP contribution in [-0.4, -0.2) is 200 Å². The Balaban J connectivity index is 0.000000650. The number of aromatic amines is 1. The number of aromatic nitrogens is 24. The molecule has 8 aromatic rings. The van der Waals surface area contributed by atoms with Crippen LogP contribution in [0.15, 0.2) is 84.8 Å². The zero-order valence-electron chi connectivity index (χ0n) is 77.9. The lowest BCUT2D eigenvalue weighted by atomic mass is 9.90. The SMILES string of the molecule is CC(C)(C)C1=NC(Cl)=NC1.CC(C)(C)C1=NCC(C(F)(F)F)=N1.CC(C)(C)c1cn(CCO)nn1.CC(C)(C)c1cn(O)nn1.CC(C)(C)c1n[nH]nc1Cl.CC1=C(C(C)(C)C)N=NC1.CCOn1cc(C(C)(C)C)nn1.COn1cc(C(C)(C)C)nn1.Cn1cc(C(C)(C)C)nn1.Cn1ncc(C(C)(C)C)n1.Cn1nncc1C(C)(C)C. The fourth-order valence-corrected chi connectivity index (χ4v) is 9.29. The Labute approximate surface area is 707 Å². The van der Waals surface area contributed by atoms with Gasteiger partial charge in [0.1, 0.15) is 31.0 Å². The number of allylic oxidation sites excluding steroid dienone is 1. The summed E-state index contributed by atoms with van der Waals surface area (Å²) in [6.45, 7) is 74.6. The van der Waals surface area contributed by atoms with Crippen molar-refractivity contribution >= 4 is 45.8 Å². The van der Waals surface area contributed by atoms with Gasteiger partial charge in [-0.3, -0.25) is 19.3 Å². The maximum atomic E-state index is 12.1. The normalized spacial score (nSPS) is 13.8. The van der Waals surface area contributed by atoms with Crippen LogP contribution in [0.2, 0.25) is 5.15 Å². The number of nitrogens with one attached hydrogen (secondary N) is 1. The minimum atomic E-state index is -4.34. The third-order valence-electron chi connectivity index (χ3n) is 15.9. The highest BCUT2D eigenvalue weighted by Gasteiger charge is 2.39. The molecule has 0 bridgehead atoms. The van der Waals surface area contributed by atoms with Gasteiger partial charge in [0.25, 0.3) is 0 Å². The number of aliphatic imine (C=N–C) groups is 4. The molecule has 3 aliphatic rings. The van der Waals surface area contributed by atoms with E-state index >= 15 is 0 Å². The van der Waals surface area contributed by atoms with Crippen molar-refractivity contribution in [2.45, 2.75) is 298 Å². The number of nitrogens with zero attached hydrogens (tertiary/aromatic N) is 29. The molecule has 39 heteroatoms. The topological polar surface area (TPSA) is 390 Å². The number of aryl methyl sites for hydroxylation is 3. The number of rotatable bonds is 5. The summed E-state index contributed by atoms with van der Waals surface area (Å²) < 4.78 is 41.5. The lowest BCUT2D eigenvalue weighted by Gasteiger charge is -2.17. The third kappa shape index (κ3) is 40.1. The smallest absolute Gasteiger partial charge is 0.411 e. The van der Waals surface area contributed by atoms with Gasteiger partial charge in [0.15, 0.2) is 5.15 Å². The molecule has 34 nitrogen and oxygen atoms in total. The lowest BCUT2D eigenvalue weighted by molar-refractivity contribution is -0.0592. The Morgan fingerprint density at radius 1 is 0.492 bits per heavy atom. The quantitative estimate of drug-likeness (QED) is 0.106. The number of aliphatic hydroxyl groups excluding tert-OH is 1. The van der Waals surface area contributed by atoms with Gasteiger partial charge in [-0.25, -0.2) is 14.7 Å². The summed E-state index contributed by atoms with van der Waals surface area (Å²) in [6.07, 6.45) is 8.18. The molecule has 3 N–H and O–H groups in total. The summed E-state index contributed by atoms with van der Waals surface area (Å²) in [4.78, 5) is 30.3. The summed E-state index contributed by atoms with van der Waals surface area (Å²) in [5.74, 6) is 0.278. The molecule has 0 unspecified atom stereocenters. The summed E-state index contributed by atoms with van der Waals surface area (Å²) >= 11 is 11.3. The van der Waals surface area contributed by atoms with Gasteiger partial charge in [-0.05, 0) is 46.7 Å². The van der Waals surface area contributed by atoms with Crippen molar-refractivity contribution in [1.82, 2.24) is 121 Å². The minimum Gasteiger partial charge on any atom is -0.411 e. The first-order chi connectivity index (χ1) is 53.4. The van der Waals surface area contributed by atoms with Crippen LogP contribution in [0.25, 0.3) is 0 Å². The highest BCUT2D eigenvalue weighted by molar-refractivity contribution is 6.66. The Hall–Kier alpha value is -9.13. The number of aliphatic hydroxyl groups is 1. The van der Waals surface area contributed by atoms with E-state index < -0.39 is 17.3 Å². The van der Waals surface area contributed by atoms with Crippen LogP contribution in [-0.2, 0) is 71.0 Å². The van der Waals surface area contributed by atoms with Crippen LogP contribution >= 0.6 is 23.2 Å². The number of H-pyrrole nitrogens is 1. The van der Waals surface area contributed by atoms with Crippen LogP contribution in [0.3, 0.4) is 0 Å². The van der Waals surface area contributed by atoms with Crippen molar-refractivity contribution in [3.63, 3.8) is 0 Å². The summed E-state index contributed by atoms with van der Waals surface area (Å²) in [5.41, 5.74) is 10.7. The van der Waals surface area contributed by atoms with Crippen LogP contribution < -0.4 is 9.68 Å². The van der Waals surface area contributed by atoms with Crippen molar-refractivity contribution < 1.29 is 33.2 Å². The van der Waals surface area contributed by atoms with E-state index in [4.69, 9.17) is 43.2 Å². The highest BCUT2D eigenvalue weighted by atomic mass is 35.5. The first-order valence-corrected chi connectivity index (χ1v) is 39.5. The molecule has 664 valence electrons. The third-order valence-corrected chi connectivity index (χ3v) is 16.4. The zero-order valence-corrected chi connectivity index (χ0v) is 79.4. The van der Waals surface area contributed by atoms with E-state index in [9.17, 15) is 13.2 Å². The second-order valence-electron chi connectivity index (χ2n) is 39.0. The Kier molecular flexibility index (Phi) is 40.1. The Bertz CT molecular complexity index is 4240. The van der Waals surface area contributed by atoms with Crippen LogP contribution in [0.4, 0.5) is 13.2 Å². The molecule has 11 heterocycles. The monoisotopic (exact) mass is 1700 g/mol. The molecule has 0 saturated carbocycles. The molecule has 8 aromatic heterocycles. The molecule has 0 atom stereocenters. The second-order valence-corrected chi connectivity index (χ2v) is 39.7.